The van der Waals surface area contributed by atoms with E-state index in [4.69, 9.17) is 5.11 Å². The first-order valence-electron chi connectivity index (χ1n) is 4.90. The molecule has 1 aromatic carbocycles. The lowest BCUT2D eigenvalue weighted by molar-refractivity contribution is 0.427. The van der Waals surface area contributed by atoms with E-state index in [0.29, 0.717) is 10.3 Å². The molecule has 6 heteroatoms. The van der Waals surface area contributed by atoms with E-state index >= 15 is 0 Å². The molecule has 0 amide bonds. The Morgan fingerprint density at radius 3 is 2.44 bits per heavy atom. The van der Waals surface area contributed by atoms with E-state index in [9.17, 15) is 8.78 Å². The van der Waals surface area contributed by atoms with Gasteiger partial charge in [-0.05, 0) is 40.2 Å². The van der Waals surface area contributed by atoms with E-state index < -0.39 is 17.4 Å². The molecule has 0 radical (unpaired) electrons. The van der Waals surface area contributed by atoms with E-state index in [1.54, 1.807) is 0 Å². The number of hydrogen-bond donors (Lipinski definition) is 1. The molecule has 0 unspecified atom stereocenters. The molecule has 92 valence electrons. The first-order valence-corrected chi connectivity index (χ1v) is 5.70. The molecule has 0 fully saturated rings. The Balaban J connectivity index is 2.34. The summed E-state index contributed by atoms with van der Waals surface area (Å²) in [4.78, 5) is 7.85. The van der Waals surface area contributed by atoms with Crippen molar-refractivity contribution in [2.75, 3.05) is 0 Å². The van der Waals surface area contributed by atoms with Crippen LogP contribution in [0.5, 0.6) is 5.75 Å². The standard InChI is InChI=1S/C12H7BrF2N2O/c13-7-5-16-11(17-6-7)4-1-8-9(14)2-3-10(18)12(8)15/h1-6,18H/b4-1+. The number of hydrogen-bond acceptors (Lipinski definition) is 3. The largest absolute Gasteiger partial charge is 0.505 e. The van der Waals surface area contributed by atoms with Crippen molar-refractivity contribution >= 4 is 28.1 Å². The van der Waals surface area contributed by atoms with Crippen LogP contribution < -0.4 is 0 Å². The van der Waals surface area contributed by atoms with Crippen LogP contribution in [0.4, 0.5) is 8.78 Å². The summed E-state index contributed by atoms with van der Waals surface area (Å²) in [5.41, 5.74) is -0.332. The van der Waals surface area contributed by atoms with Gasteiger partial charge in [0.05, 0.1) is 4.47 Å². The van der Waals surface area contributed by atoms with Gasteiger partial charge in [-0.3, -0.25) is 0 Å². The number of phenolic OH excluding ortho intramolecular Hbond substituents is 1. The molecule has 0 aliphatic carbocycles. The average molecular weight is 313 g/mol. The summed E-state index contributed by atoms with van der Waals surface area (Å²) in [6.07, 6.45) is 5.56. The van der Waals surface area contributed by atoms with Gasteiger partial charge in [0, 0.05) is 18.0 Å². The Labute approximate surface area is 110 Å². The van der Waals surface area contributed by atoms with Crippen molar-refractivity contribution in [3.63, 3.8) is 0 Å². The lowest BCUT2D eigenvalue weighted by atomic mass is 10.1. The molecule has 2 rings (SSSR count). The Morgan fingerprint density at radius 1 is 1.11 bits per heavy atom. The lowest BCUT2D eigenvalue weighted by Crippen LogP contribution is -1.90. The molecule has 1 heterocycles. The molecular weight excluding hydrogens is 306 g/mol. The number of aromatic hydroxyl groups is 1. The van der Waals surface area contributed by atoms with Crippen LogP contribution in [0, 0.1) is 11.6 Å². The van der Waals surface area contributed by atoms with Gasteiger partial charge >= 0.3 is 0 Å². The smallest absolute Gasteiger partial charge is 0.174 e. The summed E-state index contributed by atoms with van der Waals surface area (Å²) in [6.45, 7) is 0. The third-order valence-electron chi connectivity index (χ3n) is 2.15. The van der Waals surface area contributed by atoms with Gasteiger partial charge in [0.2, 0.25) is 0 Å². The molecule has 0 atom stereocenters. The molecule has 0 saturated heterocycles. The zero-order valence-electron chi connectivity index (χ0n) is 8.94. The zero-order valence-corrected chi connectivity index (χ0v) is 10.5. The fourth-order valence-electron chi connectivity index (χ4n) is 1.28. The minimum Gasteiger partial charge on any atom is -0.505 e. The summed E-state index contributed by atoms with van der Waals surface area (Å²) in [7, 11) is 0. The SMILES string of the molecule is Oc1ccc(F)c(/C=C/c2ncc(Br)cn2)c1F. The lowest BCUT2D eigenvalue weighted by Gasteiger charge is -2.01. The summed E-state index contributed by atoms with van der Waals surface area (Å²) in [6, 6.07) is 1.94. The van der Waals surface area contributed by atoms with E-state index in [1.807, 2.05) is 0 Å². The van der Waals surface area contributed by atoms with Gasteiger partial charge in [-0.25, -0.2) is 18.7 Å². The van der Waals surface area contributed by atoms with Crippen LogP contribution in [0.25, 0.3) is 12.2 Å². The second kappa shape index (κ2) is 5.22. The molecule has 2 aromatic rings. The summed E-state index contributed by atoms with van der Waals surface area (Å²) < 4.78 is 27.5. The van der Waals surface area contributed by atoms with E-state index in [0.717, 1.165) is 12.1 Å². The van der Waals surface area contributed by atoms with E-state index in [1.165, 1.54) is 24.5 Å². The molecule has 3 nitrogen and oxygen atoms in total. The highest BCUT2D eigenvalue weighted by atomic mass is 79.9. The summed E-state index contributed by atoms with van der Waals surface area (Å²) in [5, 5.41) is 9.15. The fraction of sp³-hybridized carbons (Fsp3) is 0. The highest BCUT2D eigenvalue weighted by Gasteiger charge is 2.10. The van der Waals surface area contributed by atoms with Gasteiger partial charge in [-0.15, -0.1) is 0 Å². The van der Waals surface area contributed by atoms with Gasteiger partial charge in [0.15, 0.2) is 17.4 Å². The second-order valence-corrected chi connectivity index (χ2v) is 4.30. The Bertz CT molecular complexity index is 600. The normalized spacial score (nSPS) is 11.1. The third kappa shape index (κ3) is 2.70. The Morgan fingerprint density at radius 2 is 1.78 bits per heavy atom. The number of aromatic nitrogens is 2. The Kier molecular flexibility index (Phi) is 3.66. The molecule has 0 aliphatic rings. The number of rotatable bonds is 2. The third-order valence-corrected chi connectivity index (χ3v) is 2.56. The van der Waals surface area contributed by atoms with Gasteiger partial charge in [0.1, 0.15) is 5.82 Å². The molecule has 1 aromatic heterocycles. The van der Waals surface area contributed by atoms with Crippen molar-refractivity contribution < 1.29 is 13.9 Å². The first-order chi connectivity index (χ1) is 8.58. The highest BCUT2D eigenvalue weighted by molar-refractivity contribution is 9.10. The van der Waals surface area contributed by atoms with Crippen LogP contribution in [-0.2, 0) is 0 Å². The van der Waals surface area contributed by atoms with Crippen LogP contribution in [0.3, 0.4) is 0 Å². The molecule has 1 N–H and O–H groups in total. The maximum absolute atomic E-state index is 13.4. The number of phenols is 1. The molecule has 0 aliphatic heterocycles. The average Bonchev–Trinajstić information content (AvgIpc) is 2.36. The molecule has 18 heavy (non-hydrogen) atoms. The monoisotopic (exact) mass is 312 g/mol. The van der Waals surface area contributed by atoms with Gasteiger partial charge in [0.25, 0.3) is 0 Å². The van der Waals surface area contributed by atoms with Crippen molar-refractivity contribution in [1.82, 2.24) is 9.97 Å². The van der Waals surface area contributed by atoms with Gasteiger partial charge in [-0.2, -0.15) is 0 Å². The summed E-state index contributed by atoms with van der Waals surface area (Å²) in [5.74, 6) is -2.07. The predicted molar refractivity (Wildman–Crippen MR) is 66.7 cm³/mol. The predicted octanol–water partition coefficient (Wildman–Crippen LogP) is 3.39. The van der Waals surface area contributed by atoms with Crippen LogP contribution >= 0.6 is 15.9 Å². The molecule has 0 saturated carbocycles. The van der Waals surface area contributed by atoms with Crippen LogP contribution in [0.15, 0.2) is 29.0 Å². The second-order valence-electron chi connectivity index (χ2n) is 3.39. The zero-order chi connectivity index (χ0) is 13.1. The van der Waals surface area contributed by atoms with Crippen LogP contribution in [0.1, 0.15) is 11.4 Å². The number of nitrogens with zero attached hydrogens (tertiary/aromatic N) is 2. The van der Waals surface area contributed by atoms with E-state index in [2.05, 4.69) is 25.9 Å². The molecule has 0 spiro atoms. The van der Waals surface area contributed by atoms with Crippen molar-refractivity contribution in [2.45, 2.75) is 0 Å². The van der Waals surface area contributed by atoms with Crippen molar-refractivity contribution in [3.05, 3.63) is 52.0 Å². The molecule has 0 bridgehead atoms. The number of halogens is 3. The van der Waals surface area contributed by atoms with Crippen molar-refractivity contribution in [1.29, 1.82) is 0 Å². The van der Waals surface area contributed by atoms with Crippen molar-refractivity contribution in [2.24, 2.45) is 0 Å². The minimum atomic E-state index is -1.01. The minimum absolute atomic E-state index is 0.306. The topological polar surface area (TPSA) is 46.0 Å². The quantitative estimate of drug-likeness (QED) is 0.924. The van der Waals surface area contributed by atoms with Crippen molar-refractivity contribution in [3.8, 4) is 5.75 Å². The first kappa shape index (κ1) is 12.6. The van der Waals surface area contributed by atoms with E-state index in [-0.39, 0.29) is 5.56 Å². The number of benzene rings is 1. The van der Waals surface area contributed by atoms with Crippen LogP contribution in [-0.4, -0.2) is 15.1 Å². The van der Waals surface area contributed by atoms with Gasteiger partial charge in [-0.1, -0.05) is 0 Å². The Hall–Kier alpha value is -1.82. The van der Waals surface area contributed by atoms with Gasteiger partial charge < -0.3 is 5.11 Å². The molecular formula is C12H7BrF2N2O. The maximum Gasteiger partial charge on any atom is 0.174 e. The fourth-order valence-corrected chi connectivity index (χ4v) is 1.48. The highest BCUT2D eigenvalue weighted by Crippen LogP contribution is 2.23. The van der Waals surface area contributed by atoms with Crippen LogP contribution in [0.2, 0.25) is 0 Å². The maximum atomic E-state index is 13.4. The summed E-state index contributed by atoms with van der Waals surface area (Å²) >= 11 is 3.17.